The van der Waals surface area contributed by atoms with Crippen LogP contribution in [-0.4, -0.2) is 19.4 Å². The van der Waals surface area contributed by atoms with Gasteiger partial charge in [-0.1, -0.05) is 68.5 Å². The number of nitrogens with zero attached hydrogens (tertiary/aromatic N) is 2. The van der Waals surface area contributed by atoms with E-state index in [0.29, 0.717) is 40.7 Å². The van der Waals surface area contributed by atoms with E-state index < -0.39 is 23.4 Å². The summed E-state index contributed by atoms with van der Waals surface area (Å²) >= 11 is 0. The second-order valence-electron chi connectivity index (χ2n) is 14.0. The fraction of sp³-hybridized carbons (Fsp3) is 0.200. The number of aryl methyl sites for hydroxylation is 2. The third kappa shape index (κ3) is 12.5. The van der Waals surface area contributed by atoms with E-state index in [9.17, 15) is 27.2 Å². The number of ether oxygens (including phenoxy) is 2. The number of hydrogen-bond donors (Lipinski definition) is 0. The average molecular weight is 811 g/mol. The second-order valence-corrected chi connectivity index (χ2v) is 14.0. The summed E-state index contributed by atoms with van der Waals surface area (Å²) in [5.74, 6) is -2.55. The molecule has 0 aliphatic rings. The van der Waals surface area contributed by atoms with Gasteiger partial charge in [0.15, 0.2) is 6.29 Å². The topological polar surface area (TPSA) is 100 Å². The summed E-state index contributed by atoms with van der Waals surface area (Å²) in [5, 5.41) is 17.6. The number of rotatable bonds is 16. The normalized spacial score (nSPS) is 10.4. The van der Waals surface area contributed by atoms with E-state index in [1.54, 1.807) is 72.8 Å². The van der Waals surface area contributed by atoms with Crippen molar-refractivity contribution in [3.8, 4) is 45.9 Å². The smallest absolute Gasteiger partial charge is 0.346 e. The molecule has 0 amide bonds. The van der Waals surface area contributed by atoms with Crippen LogP contribution >= 0.6 is 0 Å². The molecule has 6 nitrogen and oxygen atoms in total. The average Bonchev–Trinajstić information content (AvgIpc) is 3.26. The van der Waals surface area contributed by atoms with E-state index in [1.807, 2.05) is 12.1 Å². The molecule has 0 radical (unpaired) electrons. The van der Waals surface area contributed by atoms with Crippen molar-refractivity contribution in [3.05, 3.63) is 178 Å². The van der Waals surface area contributed by atoms with Crippen LogP contribution in [-0.2, 0) is 12.8 Å². The second kappa shape index (κ2) is 22.2. The van der Waals surface area contributed by atoms with E-state index in [-0.39, 0.29) is 28.3 Å². The van der Waals surface area contributed by atoms with Gasteiger partial charge in [-0.25, -0.2) is 22.4 Å². The Balaban J connectivity index is 0.000000333. The van der Waals surface area contributed by atoms with Gasteiger partial charge >= 0.3 is 5.97 Å². The van der Waals surface area contributed by atoms with E-state index in [1.165, 1.54) is 49.6 Å². The summed E-state index contributed by atoms with van der Waals surface area (Å²) in [6, 6.07) is 35.1. The van der Waals surface area contributed by atoms with Crippen molar-refractivity contribution in [3.63, 3.8) is 0 Å². The third-order valence-corrected chi connectivity index (χ3v) is 9.85. The number of nitriles is 2. The van der Waals surface area contributed by atoms with Crippen LogP contribution in [0, 0.1) is 45.9 Å². The Hall–Kier alpha value is -7.04. The first-order valence-electron chi connectivity index (χ1n) is 19.5. The van der Waals surface area contributed by atoms with Gasteiger partial charge in [0.1, 0.15) is 34.8 Å². The molecular weight excluding hydrogens is 769 g/mol. The first kappa shape index (κ1) is 44.1. The minimum absolute atomic E-state index is 0.0366. The quantitative estimate of drug-likeness (QED) is 0.0317. The molecule has 6 rings (SSSR count). The van der Waals surface area contributed by atoms with Gasteiger partial charge in [0.2, 0.25) is 0 Å². The number of esters is 1. The fourth-order valence-corrected chi connectivity index (χ4v) is 6.50. The SMILES string of the molecule is COc1ccc(-c2ccc(C#N)cc2)c(F)c1.N#Cc1ccc(-c2ccc(OC(=O)c3ccc(CCCCCCCCCc4ccc(C=O)c(F)c4)cc3F)cc2F)cc1. The minimum Gasteiger partial charge on any atom is -0.497 e. The van der Waals surface area contributed by atoms with Crippen molar-refractivity contribution >= 4 is 12.3 Å². The molecule has 6 aromatic carbocycles. The Morgan fingerprint density at radius 1 is 0.550 bits per heavy atom. The molecule has 304 valence electrons. The molecule has 0 aromatic heterocycles. The van der Waals surface area contributed by atoms with Crippen molar-refractivity contribution in [2.24, 2.45) is 0 Å². The lowest BCUT2D eigenvalue weighted by Crippen LogP contribution is -2.11. The van der Waals surface area contributed by atoms with Crippen LogP contribution in [0.3, 0.4) is 0 Å². The zero-order valence-corrected chi connectivity index (χ0v) is 33.0. The predicted octanol–water partition coefficient (Wildman–Crippen LogP) is 12.6. The number of methoxy groups -OCH3 is 1. The van der Waals surface area contributed by atoms with Crippen LogP contribution < -0.4 is 9.47 Å². The molecule has 0 heterocycles. The molecule has 10 heteroatoms. The van der Waals surface area contributed by atoms with Crippen molar-refractivity contribution < 1.29 is 36.6 Å². The first-order chi connectivity index (χ1) is 29.1. The molecule has 0 spiro atoms. The van der Waals surface area contributed by atoms with Crippen LogP contribution in [0.5, 0.6) is 11.5 Å². The van der Waals surface area contributed by atoms with E-state index in [4.69, 9.17) is 20.0 Å². The van der Waals surface area contributed by atoms with Gasteiger partial charge in [-0.3, -0.25) is 4.79 Å². The summed E-state index contributed by atoms with van der Waals surface area (Å²) in [7, 11) is 1.50. The molecule has 0 bridgehead atoms. The van der Waals surface area contributed by atoms with E-state index in [0.717, 1.165) is 74.1 Å². The van der Waals surface area contributed by atoms with E-state index in [2.05, 4.69) is 0 Å². The highest BCUT2D eigenvalue weighted by atomic mass is 19.1. The number of carbonyl (C=O) groups is 2. The highest BCUT2D eigenvalue weighted by Gasteiger charge is 2.16. The highest BCUT2D eigenvalue weighted by Crippen LogP contribution is 2.28. The molecule has 0 aliphatic heterocycles. The summed E-state index contributed by atoms with van der Waals surface area (Å²) in [5.41, 5.74) is 4.68. The van der Waals surface area contributed by atoms with E-state index >= 15 is 0 Å². The lowest BCUT2D eigenvalue weighted by atomic mass is 10.0. The monoisotopic (exact) mass is 810 g/mol. The van der Waals surface area contributed by atoms with Gasteiger partial charge < -0.3 is 9.47 Å². The van der Waals surface area contributed by atoms with Gasteiger partial charge in [-0.2, -0.15) is 10.5 Å². The van der Waals surface area contributed by atoms with Crippen LogP contribution in [0.15, 0.2) is 121 Å². The largest absolute Gasteiger partial charge is 0.497 e. The van der Waals surface area contributed by atoms with Crippen molar-refractivity contribution in [2.75, 3.05) is 7.11 Å². The maximum Gasteiger partial charge on any atom is 0.346 e. The molecule has 0 saturated carbocycles. The molecular formula is C50H42F4N2O4. The van der Waals surface area contributed by atoms with Crippen molar-refractivity contribution in [1.29, 1.82) is 10.5 Å². The van der Waals surface area contributed by atoms with Gasteiger partial charge in [-0.15, -0.1) is 0 Å². The number of halogens is 4. The molecule has 0 N–H and O–H groups in total. The van der Waals surface area contributed by atoms with Gasteiger partial charge in [-0.05, 0) is 121 Å². The molecule has 0 unspecified atom stereocenters. The Morgan fingerprint density at radius 3 is 1.47 bits per heavy atom. The number of benzene rings is 6. The molecule has 0 saturated heterocycles. The molecule has 6 aromatic rings. The fourth-order valence-electron chi connectivity index (χ4n) is 6.50. The summed E-state index contributed by atoms with van der Waals surface area (Å²) < 4.78 is 67.0. The van der Waals surface area contributed by atoms with Crippen LogP contribution in [0.4, 0.5) is 17.6 Å². The van der Waals surface area contributed by atoms with Crippen LogP contribution in [0.25, 0.3) is 22.3 Å². The van der Waals surface area contributed by atoms with Gasteiger partial charge in [0.05, 0.1) is 41.5 Å². The molecule has 0 aliphatic carbocycles. The predicted molar refractivity (Wildman–Crippen MR) is 223 cm³/mol. The lowest BCUT2D eigenvalue weighted by molar-refractivity contribution is 0.0729. The number of hydrogen-bond acceptors (Lipinski definition) is 6. The van der Waals surface area contributed by atoms with Gasteiger partial charge in [0.25, 0.3) is 0 Å². The third-order valence-electron chi connectivity index (χ3n) is 9.85. The Labute approximate surface area is 347 Å². The number of unbranched alkanes of at least 4 members (excludes halogenated alkanes) is 6. The van der Waals surface area contributed by atoms with Crippen molar-refractivity contribution in [2.45, 2.75) is 57.8 Å². The zero-order valence-electron chi connectivity index (χ0n) is 33.0. The van der Waals surface area contributed by atoms with Crippen LogP contribution in [0.2, 0.25) is 0 Å². The van der Waals surface area contributed by atoms with Gasteiger partial charge in [0, 0.05) is 23.3 Å². The Kier molecular flexibility index (Phi) is 16.3. The summed E-state index contributed by atoms with van der Waals surface area (Å²) in [4.78, 5) is 23.3. The maximum atomic E-state index is 14.7. The molecule has 60 heavy (non-hydrogen) atoms. The Morgan fingerprint density at radius 2 is 1.02 bits per heavy atom. The molecule has 0 atom stereocenters. The van der Waals surface area contributed by atoms with Crippen molar-refractivity contribution in [1.82, 2.24) is 0 Å². The number of carbonyl (C=O) groups excluding carboxylic acids is 2. The standard InChI is InChI=1S/C36H32F3NO3.C14H10FNO/c37-33-20-25(10-16-29(33)24-41)8-6-4-2-1-3-5-7-9-26-13-18-32(34(38)21-26)36(42)43-30-17-19-31(35(39)22-30)28-14-11-27(23-40)12-15-28;1-17-12-6-7-13(14(15)8-12)11-4-2-10(9-16)3-5-11/h10-22,24H,1-9H2;2-8H,1H3. The summed E-state index contributed by atoms with van der Waals surface area (Å²) in [6.07, 6.45) is 9.16. The first-order valence-corrected chi connectivity index (χ1v) is 19.5. The summed E-state index contributed by atoms with van der Waals surface area (Å²) in [6.45, 7) is 0. The Bertz CT molecular complexity index is 2490. The minimum atomic E-state index is -0.905. The molecule has 0 fully saturated rings. The maximum absolute atomic E-state index is 14.7. The van der Waals surface area contributed by atoms with Crippen LogP contribution in [0.1, 0.15) is 87.9 Å². The highest BCUT2D eigenvalue weighted by molar-refractivity contribution is 5.91. The number of aldehydes is 1. The lowest BCUT2D eigenvalue weighted by Gasteiger charge is -2.09. The zero-order chi connectivity index (χ0) is 42.9.